The van der Waals surface area contributed by atoms with Gasteiger partial charge in [-0.15, -0.1) is 0 Å². The van der Waals surface area contributed by atoms with Gasteiger partial charge in [-0.3, -0.25) is 4.79 Å². The first-order valence-electron chi connectivity index (χ1n) is 7.21. The molecule has 0 radical (unpaired) electrons. The molecule has 1 aromatic rings. The van der Waals surface area contributed by atoms with Crippen molar-refractivity contribution in [3.05, 3.63) is 22.8 Å². The van der Waals surface area contributed by atoms with E-state index in [1.165, 1.54) is 12.8 Å². The lowest BCUT2D eigenvalue weighted by Crippen LogP contribution is -2.37. The van der Waals surface area contributed by atoms with Crippen molar-refractivity contribution in [2.45, 2.75) is 39.2 Å². The minimum atomic E-state index is -0.0700. The fraction of sp³-hybridized carbons (Fsp3) is 0.600. The van der Waals surface area contributed by atoms with Gasteiger partial charge >= 0.3 is 0 Å². The van der Waals surface area contributed by atoms with E-state index in [1.54, 1.807) is 19.2 Å². The zero-order valence-electron chi connectivity index (χ0n) is 12.2. The zero-order chi connectivity index (χ0) is 14.7. The molecule has 1 aliphatic carbocycles. The van der Waals surface area contributed by atoms with Crippen LogP contribution in [0.25, 0.3) is 0 Å². The highest BCUT2D eigenvalue weighted by molar-refractivity contribution is 6.29. The quantitative estimate of drug-likeness (QED) is 0.838. The van der Waals surface area contributed by atoms with Gasteiger partial charge in [-0.25, -0.2) is 4.98 Å². The number of carbonyl (C=O) groups is 1. The summed E-state index contributed by atoms with van der Waals surface area (Å²) in [4.78, 5) is 16.4. The van der Waals surface area contributed by atoms with Gasteiger partial charge in [0.25, 0.3) is 5.91 Å². The summed E-state index contributed by atoms with van der Waals surface area (Å²) in [7, 11) is 1.76. The van der Waals surface area contributed by atoms with Gasteiger partial charge in [0.2, 0.25) is 0 Å². The summed E-state index contributed by atoms with van der Waals surface area (Å²) < 4.78 is 0. The number of carbonyl (C=O) groups excluding carboxylic acids is 1. The maximum absolute atomic E-state index is 12.3. The van der Waals surface area contributed by atoms with Crippen LogP contribution in [0.5, 0.6) is 0 Å². The molecule has 5 heteroatoms. The molecule has 0 spiro atoms. The Morgan fingerprint density at radius 2 is 2.20 bits per heavy atom. The Balaban J connectivity index is 2.07. The number of halogens is 1. The molecule has 2 N–H and O–H groups in total. The standard InChI is InChI=1S/C15H22ClN3O/c1-4-10-5-6-12(9(10)2)18-15(20)11-7-13(16)19-14(8-11)17-3/h7-10,12H,4-6H2,1-3H3,(H,17,19)(H,18,20). The number of hydrogen-bond acceptors (Lipinski definition) is 3. The Labute approximate surface area is 125 Å². The van der Waals surface area contributed by atoms with Gasteiger partial charge in [-0.1, -0.05) is 31.9 Å². The molecule has 0 saturated heterocycles. The van der Waals surface area contributed by atoms with Gasteiger partial charge in [0.05, 0.1) is 0 Å². The average molecular weight is 296 g/mol. The number of hydrogen-bond donors (Lipinski definition) is 2. The lowest BCUT2D eigenvalue weighted by molar-refractivity contribution is 0.0926. The second-order valence-corrected chi connectivity index (χ2v) is 5.89. The van der Waals surface area contributed by atoms with E-state index in [0.29, 0.717) is 28.4 Å². The summed E-state index contributed by atoms with van der Waals surface area (Å²) in [5.74, 6) is 1.78. The lowest BCUT2D eigenvalue weighted by Gasteiger charge is -2.21. The van der Waals surface area contributed by atoms with Crippen molar-refractivity contribution >= 4 is 23.3 Å². The van der Waals surface area contributed by atoms with E-state index in [2.05, 4.69) is 29.5 Å². The Hall–Kier alpha value is -1.29. The molecule has 4 nitrogen and oxygen atoms in total. The average Bonchev–Trinajstić information content (AvgIpc) is 2.78. The molecule has 1 amide bonds. The molecule has 110 valence electrons. The summed E-state index contributed by atoms with van der Waals surface area (Å²) in [5.41, 5.74) is 0.557. The molecule has 2 rings (SSSR count). The number of amides is 1. The van der Waals surface area contributed by atoms with E-state index in [0.717, 1.165) is 6.42 Å². The highest BCUT2D eigenvalue weighted by Crippen LogP contribution is 2.34. The summed E-state index contributed by atoms with van der Waals surface area (Å²) in [6, 6.07) is 3.59. The Morgan fingerprint density at radius 1 is 1.45 bits per heavy atom. The Bertz CT molecular complexity index is 492. The predicted octanol–water partition coefficient (Wildman–Crippen LogP) is 3.33. The van der Waals surface area contributed by atoms with Gasteiger partial charge in [0.15, 0.2) is 0 Å². The van der Waals surface area contributed by atoms with Crippen molar-refractivity contribution in [2.75, 3.05) is 12.4 Å². The van der Waals surface area contributed by atoms with Crippen molar-refractivity contribution in [3.8, 4) is 0 Å². The fourth-order valence-electron chi connectivity index (χ4n) is 3.04. The van der Waals surface area contributed by atoms with E-state index < -0.39 is 0 Å². The minimum Gasteiger partial charge on any atom is -0.373 e. The molecule has 0 aromatic carbocycles. The van der Waals surface area contributed by atoms with E-state index in [-0.39, 0.29) is 11.9 Å². The number of anilines is 1. The normalized spacial score (nSPS) is 25.5. The summed E-state index contributed by atoms with van der Waals surface area (Å²) >= 11 is 5.93. The third-order valence-corrected chi connectivity index (χ3v) is 4.57. The predicted molar refractivity (Wildman–Crippen MR) is 82.2 cm³/mol. The van der Waals surface area contributed by atoms with Crippen LogP contribution in [0.2, 0.25) is 5.15 Å². The first kappa shape index (κ1) is 15.1. The van der Waals surface area contributed by atoms with E-state index in [9.17, 15) is 4.79 Å². The largest absolute Gasteiger partial charge is 0.373 e. The van der Waals surface area contributed by atoms with Crippen LogP contribution >= 0.6 is 11.6 Å². The number of nitrogens with zero attached hydrogens (tertiary/aromatic N) is 1. The van der Waals surface area contributed by atoms with Crippen molar-refractivity contribution < 1.29 is 4.79 Å². The minimum absolute atomic E-state index is 0.0700. The first-order valence-corrected chi connectivity index (χ1v) is 7.59. The van der Waals surface area contributed by atoms with Crippen LogP contribution in [-0.2, 0) is 0 Å². The van der Waals surface area contributed by atoms with Crippen molar-refractivity contribution in [1.82, 2.24) is 10.3 Å². The molecular weight excluding hydrogens is 274 g/mol. The van der Waals surface area contributed by atoms with Crippen molar-refractivity contribution in [1.29, 1.82) is 0 Å². The van der Waals surface area contributed by atoms with E-state index in [4.69, 9.17) is 11.6 Å². The molecule has 1 saturated carbocycles. The summed E-state index contributed by atoms with van der Waals surface area (Å²) in [6.45, 7) is 4.44. The SMILES string of the molecule is CCC1CCC(NC(=O)c2cc(Cl)nc(NC)c2)C1C. The Morgan fingerprint density at radius 3 is 2.80 bits per heavy atom. The van der Waals surface area contributed by atoms with E-state index >= 15 is 0 Å². The molecule has 20 heavy (non-hydrogen) atoms. The van der Waals surface area contributed by atoms with Crippen LogP contribution in [0.4, 0.5) is 5.82 Å². The van der Waals surface area contributed by atoms with Crippen LogP contribution in [0.15, 0.2) is 12.1 Å². The van der Waals surface area contributed by atoms with Gasteiger partial charge in [-0.05, 0) is 36.8 Å². The molecule has 3 atom stereocenters. The maximum Gasteiger partial charge on any atom is 0.251 e. The third-order valence-electron chi connectivity index (χ3n) is 4.38. The number of pyridine rings is 1. The van der Waals surface area contributed by atoms with Crippen LogP contribution in [-0.4, -0.2) is 24.0 Å². The number of nitrogens with one attached hydrogen (secondary N) is 2. The second kappa shape index (κ2) is 6.44. The maximum atomic E-state index is 12.3. The first-order chi connectivity index (χ1) is 9.55. The lowest BCUT2D eigenvalue weighted by atomic mass is 9.93. The molecule has 1 aliphatic rings. The number of rotatable bonds is 4. The van der Waals surface area contributed by atoms with Crippen LogP contribution in [0.1, 0.15) is 43.5 Å². The topological polar surface area (TPSA) is 54.0 Å². The van der Waals surface area contributed by atoms with Crippen LogP contribution in [0.3, 0.4) is 0 Å². The zero-order valence-corrected chi connectivity index (χ0v) is 13.0. The molecule has 0 bridgehead atoms. The van der Waals surface area contributed by atoms with Crippen LogP contribution < -0.4 is 10.6 Å². The smallest absolute Gasteiger partial charge is 0.251 e. The summed E-state index contributed by atoms with van der Waals surface area (Å²) in [6.07, 6.45) is 3.43. The van der Waals surface area contributed by atoms with Crippen molar-refractivity contribution in [3.63, 3.8) is 0 Å². The highest BCUT2D eigenvalue weighted by atomic mass is 35.5. The molecule has 1 heterocycles. The molecule has 0 aliphatic heterocycles. The van der Waals surface area contributed by atoms with Gasteiger partial charge in [0, 0.05) is 18.7 Å². The van der Waals surface area contributed by atoms with Crippen LogP contribution in [0, 0.1) is 11.8 Å². The monoisotopic (exact) mass is 295 g/mol. The number of aromatic nitrogens is 1. The molecule has 3 unspecified atom stereocenters. The molecule has 1 aromatic heterocycles. The van der Waals surface area contributed by atoms with Gasteiger partial charge < -0.3 is 10.6 Å². The highest BCUT2D eigenvalue weighted by Gasteiger charge is 2.32. The summed E-state index contributed by atoms with van der Waals surface area (Å²) in [5, 5.41) is 6.37. The van der Waals surface area contributed by atoms with Crippen molar-refractivity contribution in [2.24, 2.45) is 11.8 Å². The molecular formula is C15H22ClN3O. The fourth-order valence-corrected chi connectivity index (χ4v) is 3.24. The Kier molecular flexibility index (Phi) is 4.86. The molecule has 1 fully saturated rings. The third kappa shape index (κ3) is 3.23. The van der Waals surface area contributed by atoms with E-state index in [1.807, 2.05) is 0 Å². The van der Waals surface area contributed by atoms with Gasteiger partial charge in [0.1, 0.15) is 11.0 Å². The second-order valence-electron chi connectivity index (χ2n) is 5.50. The van der Waals surface area contributed by atoms with Gasteiger partial charge in [-0.2, -0.15) is 0 Å².